The number of hydrogen-bond donors (Lipinski definition) is 2. The van der Waals surface area contributed by atoms with E-state index in [9.17, 15) is 10.2 Å². The van der Waals surface area contributed by atoms with Gasteiger partial charge in [0.2, 0.25) is 0 Å². The summed E-state index contributed by atoms with van der Waals surface area (Å²) in [5.74, 6) is 0.766. The fraction of sp³-hybridized carbons (Fsp3) is 1.00. The molecule has 0 amide bonds. The third-order valence-corrected chi connectivity index (χ3v) is 7.74. The van der Waals surface area contributed by atoms with Crippen LogP contribution in [-0.2, 0) is 0 Å². The van der Waals surface area contributed by atoms with E-state index in [0.717, 1.165) is 38.5 Å². The molecule has 0 aromatic carbocycles. The molecule has 2 N–H and O–H groups in total. The predicted molar refractivity (Wildman–Crippen MR) is 83.7 cm³/mol. The first-order chi connectivity index (χ1) is 11.9. The van der Waals surface area contributed by atoms with Crippen molar-refractivity contribution in [3.63, 3.8) is 0 Å². The molecule has 120 valence electrons. The molecule has 0 aliphatic heterocycles. The van der Waals surface area contributed by atoms with E-state index in [-0.39, 0.29) is 23.4 Å². The fourth-order valence-electron chi connectivity index (χ4n) is 6.49. The van der Waals surface area contributed by atoms with Crippen LogP contribution < -0.4 is 0 Å². The molecule has 0 saturated heterocycles. The molecule has 0 aromatic rings. The minimum Gasteiger partial charge on any atom is -0.393 e. The lowest BCUT2D eigenvalue weighted by Crippen LogP contribution is -2.54. The van der Waals surface area contributed by atoms with Gasteiger partial charge in [-0.25, -0.2) is 0 Å². The quantitative estimate of drug-likeness (QED) is 0.715. The van der Waals surface area contributed by atoms with Gasteiger partial charge in [-0.05, 0) is 92.3 Å². The maximum Gasteiger partial charge on any atom is 0.0606 e. The van der Waals surface area contributed by atoms with Crippen molar-refractivity contribution in [3.05, 3.63) is 0 Å². The molecule has 21 heavy (non-hydrogen) atoms. The Hall–Kier alpha value is -0.0800. The lowest BCUT2D eigenvalue weighted by atomic mass is 9.45. The van der Waals surface area contributed by atoms with E-state index < -0.39 is 24.7 Å². The molecule has 2 unspecified atom stereocenters. The Labute approximate surface area is 136 Å². The van der Waals surface area contributed by atoms with Crippen molar-refractivity contribution in [2.24, 2.45) is 34.5 Å². The molecule has 0 radical (unpaired) electrons. The summed E-state index contributed by atoms with van der Waals surface area (Å²) in [5, 5.41) is 21.0. The molecule has 4 aliphatic rings. The van der Waals surface area contributed by atoms with E-state index in [1.54, 1.807) is 0 Å². The Balaban J connectivity index is 1.73. The highest BCUT2D eigenvalue weighted by Gasteiger charge is 2.59. The van der Waals surface area contributed by atoms with Crippen LogP contribution in [-0.4, -0.2) is 22.4 Å². The number of aliphatic hydroxyl groups is 2. The van der Waals surface area contributed by atoms with Crippen LogP contribution in [0.3, 0.4) is 0 Å². The van der Waals surface area contributed by atoms with Crippen molar-refractivity contribution in [1.29, 1.82) is 0 Å². The smallest absolute Gasteiger partial charge is 0.0606 e. The zero-order valence-corrected chi connectivity index (χ0v) is 13.0. The second-order valence-corrected chi connectivity index (χ2v) is 8.42. The summed E-state index contributed by atoms with van der Waals surface area (Å²) in [6.07, 6.45) is 2.42. The highest BCUT2D eigenvalue weighted by atomic mass is 16.3. The zero-order chi connectivity index (χ0) is 19.1. The van der Waals surface area contributed by atoms with Crippen LogP contribution in [0, 0.1) is 34.5 Å². The Morgan fingerprint density at radius 1 is 1.05 bits per heavy atom. The Bertz CT molecular complexity index is 579. The average Bonchev–Trinajstić information content (AvgIpc) is 2.75. The van der Waals surface area contributed by atoms with Crippen molar-refractivity contribution in [2.45, 2.75) is 83.7 Å². The number of hydrogen-bond acceptors (Lipinski definition) is 2. The molecule has 2 nitrogen and oxygen atoms in total. The maximum absolute atomic E-state index is 10.9. The Morgan fingerprint density at radius 2 is 1.81 bits per heavy atom. The molecule has 2 heteroatoms. The summed E-state index contributed by atoms with van der Waals surface area (Å²) < 4.78 is 41.3. The minimum atomic E-state index is -2.42. The van der Waals surface area contributed by atoms with E-state index in [0.29, 0.717) is 24.7 Å². The van der Waals surface area contributed by atoms with Gasteiger partial charge in [0.25, 0.3) is 0 Å². The van der Waals surface area contributed by atoms with Crippen LogP contribution in [0.15, 0.2) is 0 Å². The SMILES string of the molecule is [2H]C1C[C@H]2[C@@H]3CC[C@H]4CC(O)CC[C@]4(C)[C@H]3CC[C@]2(C([2H])([2H])[2H])[C@@]1([2H])O. The zero-order valence-electron chi connectivity index (χ0n) is 18.0. The van der Waals surface area contributed by atoms with Gasteiger partial charge in [0.1, 0.15) is 0 Å². The summed E-state index contributed by atoms with van der Waals surface area (Å²) >= 11 is 0. The van der Waals surface area contributed by atoms with Gasteiger partial charge in [-0.1, -0.05) is 13.8 Å². The molecular formula is C19H32O2. The molecule has 4 fully saturated rings. The van der Waals surface area contributed by atoms with E-state index in [2.05, 4.69) is 6.92 Å². The van der Waals surface area contributed by atoms with Crippen LogP contribution >= 0.6 is 0 Å². The molecule has 0 heterocycles. The third-order valence-electron chi connectivity index (χ3n) is 7.74. The second-order valence-electron chi connectivity index (χ2n) is 8.42. The third kappa shape index (κ3) is 1.91. The first-order valence-electron chi connectivity index (χ1n) is 11.4. The summed E-state index contributed by atoms with van der Waals surface area (Å²) in [7, 11) is 0. The highest BCUT2D eigenvalue weighted by Crippen LogP contribution is 2.66. The maximum atomic E-state index is 10.9. The van der Waals surface area contributed by atoms with Crippen LogP contribution in [0.2, 0.25) is 0 Å². The average molecular weight is 297 g/mol. The van der Waals surface area contributed by atoms with Gasteiger partial charge >= 0.3 is 0 Å². The molecular weight excluding hydrogens is 260 g/mol. The lowest BCUT2D eigenvalue weighted by Gasteiger charge is -2.60. The molecule has 0 aromatic heterocycles. The van der Waals surface area contributed by atoms with Crippen LogP contribution in [0.1, 0.15) is 78.4 Å². The summed E-state index contributed by atoms with van der Waals surface area (Å²) in [6, 6.07) is 0. The number of aliphatic hydroxyl groups excluding tert-OH is 1. The topological polar surface area (TPSA) is 40.5 Å². The molecule has 4 aliphatic carbocycles. The van der Waals surface area contributed by atoms with Gasteiger partial charge in [-0.2, -0.15) is 0 Å². The monoisotopic (exact) mass is 297 g/mol. The van der Waals surface area contributed by atoms with Gasteiger partial charge in [0.05, 0.1) is 13.6 Å². The summed E-state index contributed by atoms with van der Waals surface area (Å²) in [5.41, 5.74) is -1.35. The lowest BCUT2D eigenvalue weighted by molar-refractivity contribution is -0.133. The first kappa shape index (κ1) is 9.93. The van der Waals surface area contributed by atoms with Crippen molar-refractivity contribution >= 4 is 0 Å². The largest absolute Gasteiger partial charge is 0.393 e. The molecule has 4 saturated carbocycles. The van der Waals surface area contributed by atoms with E-state index in [1.165, 1.54) is 0 Å². The minimum absolute atomic E-state index is 0.114. The first-order valence-corrected chi connectivity index (χ1v) is 8.78. The van der Waals surface area contributed by atoms with Gasteiger partial charge in [-0.3, -0.25) is 0 Å². The molecule has 0 spiro atoms. The van der Waals surface area contributed by atoms with Gasteiger partial charge < -0.3 is 10.2 Å². The van der Waals surface area contributed by atoms with Gasteiger partial charge in [0.15, 0.2) is 0 Å². The van der Waals surface area contributed by atoms with E-state index >= 15 is 0 Å². The van der Waals surface area contributed by atoms with E-state index in [1.807, 2.05) is 0 Å². The molecule has 4 rings (SSSR count). The summed E-state index contributed by atoms with van der Waals surface area (Å²) in [6.45, 7) is -0.0990. The van der Waals surface area contributed by atoms with Crippen molar-refractivity contribution in [2.75, 3.05) is 0 Å². The van der Waals surface area contributed by atoms with E-state index in [4.69, 9.17) is 6.85 Å². The normalized spacial score (nSPS) is 71.1. The van der Waals surface area contributed by atoms with Crippen LogP contribution in [0.5, 0.6) is 0 Å². The van der Waals surface area contributed by atoms with Gasteiger partial charge in [-0.15, -0.1) is 0 Å². The summed E-state index contributed by atoms with van der Waals surface area (Å²) in [4.78, 5) is 0. The van der Waals surface area contributed by atoms with Crippen molar-refractivity contribution < 1.29 is 17.1 Å². The Morgan fingerprint density at radius 3 is 2.62 bits per heavy atom. The predicted octanol–water partition coefficient (Wildman–Crippen LogP) is 3.75. The van der Waals surface area contributed by atoms with Crippen LogP contribution in [0.4, 0.5) is 0 Å². The molecule has 0 bridgehead atoms. The second kappa shape index (κ2) is 4.71. The number of fused-ring (bicyclic) bond motifs is 5. The van der Waals surface area contributed by atoms with Crippen LogP contribution in [0.25, 0.3) is 0 Å². The fourth-order valence-corrected chi connectivity index (χ4v) is 6.49. The van der Waals surface area contributed by atoms with Crippen molar-refractivity contribution in [1.82, 2.24) is 0 Å². The van der Waals surface area contributed by atoms with Gasteiger partial charge in [0, 0.05) is 5.48 Å². The molecule has 9 atom stereocenters. The standard InChI is InChI=1S/C19H32O2/c1-18-9-7-13(20)11-12(18)3-4-14-15-5-6-17(21)19(15,2)10-8-16(14)18/h12-17,20-21H,3-11H2,1-2H3/t12-,13?,14-,15-,16-,17-,18-,19-/m0/s1/i2D3,6D,17D/t6?,12-,13?,14-,15-,16-,17-,18-,19-. The van der Waals surface area contributed by atoms with Crippen molar-refractivity contribution in [3.8, 4) is 0 Å². The Kier molecular flexibility index (Phi) is 2.22. The highest BCUT2D eigenvalue weighted by molar-refractivity contribution is 5.09. The number of rotatable bonds is 0.